The lowest BCUT2D eigenvalue weighted by atomic mass is 10.0. The van der Waals surface area contributed by atoms with Crippen LogP contribution in [0.1, 0.15) is 18.1 Å². The monoisotopic (exact) mass is 168 g/mol. The van der Waals surface area contributed by atoms with E-state index in [1.165, 1.54) is 22.3 Å². The lowest BCUT2D eigenvalue weighted by Crippen LogP contribution is -1.80. The molecule has 0 nitrogen and oxygen atoms in total. The number of allylic oxidation sites excluding steroid dienone is 5. The minimum Gasteiger partial charge on any atom is -0.0984 e. The Balaban J connectivity index is 2.67. The van der Waals surface area contributed by atoms with Crippen LogP contribution in [0.3, 0.4) is 0 Å². The molecule has 2 rings (SSSR count). The highest BCUT2D eigenvalue weighted by Crippen LogP contribution is 2.35. The van der Waals surface area contributed by atoms with Crippen molar-refractivity contribution in [3.8, 4) is 0 Å². The van der Waals surface area contributed by atoms with Gasteiger partial charge in [0.25, 0.3) is 0 Å². The smallest absolute Gasteiger partial charge is 0.0106 e. The normalized spacial score (nSPS) is 17.0. The first-order chi connectivity index (χ1) is 6.36. The molecule has 0 aromatic heterocycles. The fourth-order valence-corrected chi connectivity index (χ4v) is 1.72. The Morgan fingerprint density at radius 2 is 1.85 bits per heavy atom. The van der Waals surface area contributed by atoms with Gasteiger partial charge in [-0.2, -0.15) is 0 Å². The molecule has 0 fully saturated rings. The van der Waals surface area contributed by atoms with E-state index in [1.807, 2.05) is 6.08 Å². The van der Waals surface area contributed by atoms with Crippen molar-refractivity contribution in [2.45, 2.75) is 6.92 Å². The maximum Gasteiger partial charge on any atom is -0.0106 e. The van der Waals surface area contributed by atoms with E-state index in [4.69, 9.17) is 0 Å². The molecule has 0 saturated heterocycles. The van der Waals surface area contributed by atoms with Gasteiger partial charge in [0, 0.05) is 0 Å². The first-order valence-electron chi connectivity index (χ1n) is 4.47. The molecule has 1 aromatic carbocycles. The van der Waals surface area contributed by atoms with Crippen LogP contribution in [0.25, 0.3) is 11.1 Å². The topological polar surface area (TPSA) is 0 Å². The average molecular weight is 168 g/mol. The van der Waals surface area contributed by atoms with Gasteiger partial charge in [-0.3, -0.25) is 0 Å². The lowest BCUT2D eigenvalue weighted by molar-refractivity contribution is 1.59. The molecular weight excluding hydrogens is 156 g/mol. The second-order valence-electron chi connectivity index (χ2n) is 3.09. The Labute approximate surface area is 78.9 Å². The predicted octanol–water partition coefficient (Wildman–Crippen LogP) is 3.67. The number of fused-ring (bicyclic) bond motifs is 1. The molecule has 0 N–H and O–H groups in total. The summed E-state index contributed by atoms with van der Waals surface area (Å²) in [4.78, 5) is 0. The highest BCUT2D eigenvalue weighted by Gasteiger charge is 2.13. The van der Waals surface area contributed by atoms with Crippen LogP contribution in [0.15, 0.2) is 49.1 Å². The number of benzene rings is 1. The lowest BCUT2D eigenvalue weighted by Gasteiger charge is -2.00. The van der Waals surface area contributed by atoms with Gasteiger partial charge in [0.2, 0.25) is 0 Å². The highest BCUT2D eigenvalue weighted by molar-refractivity contribution is 5.98. The van der Waals surface area contributed by atoms with Crippen molar-refractivity contribution in [3.63, 3.8) is 0 Å². The Kier molecular flexibility index (Phi) is 1.90. The van der Waals surface area contributed by atoms with Crippen LogP contribution in [-0.4, -0.2) is 0 Å². The van der Waals surface area contributed by atoms with Gasteiger partial charge in [0.1, 0.15) is 0 Å². The largest absolute Gasteiger partial charge is 0.0984 e. The van der Waals surface area contributed by atoms with Gasteiger partial charge >= 0.3 is 0 Å². The number of rotatable bonds is 1. The van der Waals surface area contributed by atoms with Crippen molar-refractivity contribution < 1.29 is 0 Å². The average Bonchev–Trinajstić information content (AvgIpc) is 2.56. The van der Waals surface area contributed by atoms with E-state index in [9.17, 15) is 0 Å². The van der Waals surface area contributed by atoms with Crippen LogP contribution in [0, 0.1) is 0 Å². The Morgan fingerprint density at radius 3 is 2.46 bits per heavy atom. The maximum atomic E-state index is 3.81. The molecule has 0 amide bonds. The van der Waals surface area contributed by atoms with E-state index in [2.05, 4.69) is 49.9 Å². The first kappa shape index (κ1) is 8.06. The summed E-state index contributed by atoms with van der Waals surface area (Å²) in [6, 6.07) is 8.42. The van der Waals surface area contributed by atoms with E-state index < -0.39 is 0 Å². The molecule has 1 aromatic rings. The fraction of sp³-hybridized carbons (Fsp3) is 0.0769. The summed E-state index contributed by atoms with van der Waals surface area (Å²) in [5.74, 6) is 0. The van der Waals surface area contributed by atoms with Crippen molar-refractivity contribution in [2.24, 2.45) is 0 Å². The van der Waals surface area contributed by atoms with Gasteiger partial charge in [0.05, 0.1) is 0 Å². The van der Waals surface area contributed by atoms with Crippen molar-refractivity contribution in [2.75, 3.05) is 0 Å². The van der Waals surface area contributed by atoms with Crippen LogP contribution in [0.2, 0.25) is 0 Å². The SMILES string of the molecule is C=CC1=CC(=CC)c2ccccc21. The van der Waals surface area contributed by atoms with Gasteiger partial charge in [-0.25, -0.2) is 0 Å². The van der Waals surface area contributed by atoms with Gasteiger partial charge in [-0.15, -0.1) is 0 Å². The minimum absolute atomic E-state index is 1.23. The molecule has 0 atom stereocenters. The zero-order chi connectivity index (χ0) is 9.26. The van der Waals surface area contributed by atoms with Crippen LogP contribution in [-0.2, 0) is 0 Å². The van der Waals surface area contributed by atoms with E-state index in [1.54, 1.807) is 0 Å². The molecule has 0 heteroatoms. The second-order valence-corrected chi connectivity index (χ2v) is 3.09. The zero-order valence-electron chi connectivity index (χ0n) is 7.75. The molecule has 0 bridgehead atoms. The summed E-state index contributed by atoms with van der Waals surface area (Å²) in [5.41, 5.74) is 5.14. The molecule has 0 saturated carbocycles. The van der Waals surface area contributed by atoms with Crippen molar-refractivity contribution in [1.82, 2.24) is 0 Å². The molecule has 0 aliphatic heterocycles. The van der Waals surface area contributed by atoms with Gasteiger partial charge in [0.15, 0.2) is 0 Å². The molecule has 64 valence electrons. The summed E-state index contributed by atoms with van der Waals surface area (Å²) in [6.45, 7) is 5.88. The summed E-state index contributed by atoms with van der Waals surface area (Å²) in [7, 11) is 0. The number of hydrogen-bond acceptors (Lipinski definition) is 0. The standard InChI is InChI=1S/C13H12/c1-3-10-9-11(4-2)13-8-6-5-7-12(10)13/h3-9H,1H2,2H3. The molecule has 0 spiro atoms. The van der Waals surface area contributed by atoms with Gasteiger partial charge < -0.3 is 0 Å². The summed E-state index contributed by atoms with van der Waals surface area (Å²) < 4.78 is 0. The first-order valence-corrected chi connectivity index (χ1v) is 4.47. The molecular formula is C13H12. The molecule has 0 unspecified atom stereocenters. The van der Waals surface area contributed by atoms with Crippen LogP contribution < -0.4 is 0 Å². The molecule has 13 heavy (non-hydrogen) atoms. The van der Waals surface area contributed by atoms with Crippen molar-refractivity contribution in [3.05, 3.63) is 60.2 Å². The highest BCUT2D eigenvalue weighted by atomic mass is 14.2. The van der Waals surface area contributed by atoms with Gasteiger partial charge in [-0.05, 0) is 35.3 Å². The van der Waals surface area contributed by atoms with Crippen LogP contribution in [0.5, 0.6) is 0 Å². The zero-order valence-corrected chi connectivity index (χ0v) is 7.75. The maximum absolute atomic E-state index is 3.81. The number of hydrogen-bond donors (Lipinski definition) is 0. The third kappa shape index (κ3) is 1.15. The molecule has 1 aliphatic rings. The summed E-state index contributed by atoms with van der Waals surface area (Å²) >= 11 is 0. The van der Waals surface area contributed by atoms with Gasteiger partial charge in [-0.1, -0.05) is 43.0 Å². The second kappa shape index (κ2) is 3.06. The van der Waals surface area contributed by atoms with E-state index in [0.717, 1.165) is 0 Å². The van der Waals surface area contributed by atoms with Crippen LogP contribution >= 0.6 is 0 Å². The molecule has 0 heterocycles. The summed E-state index contributed by atoms with van der Waals surface area (Å²) in [6.07, 6.45) is 6.22. The minimum atomic E-state index is 1.23. The summed E-state index contributed by atoms with van der Waals surface area (Å²) in [5, 5.41) is 0. The predicted molar refractivity (Wildman–Crippen MR) is 58.3 cm³/mol. The third-order valence-corrected chi connectivity index (χ3v) is 2.39. The van der Waals surface area contributed by atoms with E-state index in [-0.39, 0.29) is 0 Å². The quantitative estimate of drug-likeness (QED) is 0.600. The van der Waals surface area contributed by atoms with Crippen molar-refractivity contribution in [1.29, 1.82) is 0 Å². The Morgan fingerprint density at radius 1 is 1.15 bits per heavy atom. The van der Waals surface area contributed by atoms with Crippen molar-refractivity contribution >= 4 is 11.1 Å². The Bertz CT molecular complexity index is 406. The van der Waals surface area contributed by atoms with Crippen LogP contribution in [0.4, 0.5) is 0 Å². The molecule has 1 aliphatic carbocycles. The van der Waals surface area contributed by atoms with E-state index in [0.29, 0.717) is 0 Å². The molecule has 0 radical (unpaired) electrons. The van der Waals surface area contributed by atoms with E-state index >= 15 is 0 Å². The third-order valence-electron chi connectivity index (χ3n) is 2.39. The fourth-order valence-electron chi connectivity index (χ4n) is 1.72. The Hall–Kier alpha value is -1.56.